The Morgan fingerprint density at radius 2 is 2.26 bits per heavy atom. The highest BCUT2D eigenvalue weighted by atomic mass is 16.6. The monoisotopic (exact) mass is 269 g/mol. The van der Waals surface area contributed by atoms with Crippen molar-refractivity contribution >= 4 is 6.09 Å². The standard InChI is InChI=1S/C13H23N3O3/c1-13(2,3)19-12(18)14-8-10(9-17)7-11-5-6-15-16(11)4/h5-6,10,17H,7-9H2,1-4H3,(H,14,18). The first-order valence-electron chi connectivity index (χ1n) is 6.36. The number of hydrogen-bond acceptors (Lipinski definition) is 4. The summed E-state index contributed by atoms with van der Waals surface area (Å²) < 4.78 is 6.90. The molecule has 0 aliphatic rings. The Labute approximate surface area is 113 Å². The van der Waals surface area contributed by atoms with Crippen molar-refractivity contribution in [2.24, 2.45) is 13.0 Å². The van der Waals surface area contributed by atoms with Gasteiger partial charge >= 0.3 is 6.09 Å². The topological polar surface area (TPSA) is 76.4 Å². The molecular weight excluding hydrogens is 246 g/mol. The Bertz CT molecular complexity index is 410. The molecule has 0 bridgehead atoms. The highest BCUT2D eigenvalue weighted by Crippen LogP contribution is 2.09. The number of aromatic nitrogens is 2. The zero-order valence-corrected chi connectivity index (χ0v) is 12.0. The summed E-state index contributed by atoms with van der Waals surface area (Å²) >= 11 is 0. The van der Waals surface area contributed by atoms with E-state index in [9.17, 15) is 9.90 Å². The van der Waals surface area contributed by atoms with Crippen LogP contribution in [-0.4, -0.2) is 39.7 Å². The van der Waals surface area contributed by atoms with Gasteiger partial charge in [-0.15, -0.1) is 0 Å². The van der Waals surface area contributed by atoms with Crippen LogP contribution in [0.4, 0.5) is 4.79 Å². The van der Waals surface area contributed by atoms with E-state index in [0.717, 1.165) is 5.69 Å². The molecule has 0 saturated carbocycles. The summed E-state index contributed by atoms with van der Waals surface area (Å²) in [5, 5.41) is 16.1. The number of hydrogen-bond donors (Lipinski definition) is 2. The third-order valence-corrected chi connectivity index (χ3v) is 2.61. The number of nitrogens with one attached hydrogen (secondary N) is 1. The molecular formula is C13H23N3O3. The van der Waals surface area contributed by atoms with Crippen LogP contribution in [0.5, 0.6) is 0 Å². The van der Waals surface area contributed by atoms with Crippen LogP contribution < -0.4 is 5.32 Å². The lowest BCUT2D eigenvalue weighted by atomic mass is 10.0. The Balaban J connectivity index is 2.41. The second-order valence-corrected chi connectivity index (χ2v) is 5.58. The number of aliphatic hydroxyl groups is 1. The van der Waals surface area contributed by atoms with Crippen LogP contribution in [0.15, 0.2) is 12.3 Å². The Morgan fingerprint density at radius 1 is 1.58 bits per heavy atom. The summed E-state index contributed by atoms with van der Waals surface area (Å²) in [7, 11) is 1.85. The molecule has 1 aromatic rings. The molecule has 19 heavy (non-hydrogen) atoms. The number of aryl methyl sites for hydroxylation is 1. The highest BCUT2D eigenvalue weighted by Gasteiger charge is 2.18. The number of ether oxygens (including phenoxy) is 1. The van der Waals surface area contributed by atoms with Crippen molar-refractivity contribution in [2.75, 3.05) is 13.2 Å². The van der Waals surface area contributed by atoms with Crippen molar-refractivity contribution in [1.82, 2.24) is 15.1 Å². The first-order valence-corrected chi connectivity index (χ1v) is 6.36. The van der Waals surface area contributed by atoms with E-state index >= 15 is 0 Å². The van der Waals surface area contributed by atoms with Gasteiger partial charge in [-0.05, 0) is 33.3 Å². The summed E-state index contributed by atoms with van der Waals surface area (Å²) in [6.07, 6.45) is 1.91. The first-order chi connectivity index (χ1) is 8.81. The smallest absolute Gasteiger partial charge is 0.407 e. The maximum Gasteiger partial charge on any atom is 0.407 e. The van der Waals surface area contributed by atoms with Crippen molar-refractivity contribution in [3.63, 3.8) is 0 Å². The molecule has 6 heteroatoms. The van der Waals surface area contributed by atoms with E-state index in [0.29, 0.717) is 13.0 Å². The van der Waals surface area contributed by atoms with Gasteiger partial charge < -0.3 is 15.2 Å². The lowest BCUT2D eigenvalue weighted by Gasteiger charge is -2.21. The largest absolute Gasteiger partial charge is 0.444 e. The predicted octanol–water partition coefficient (Wildman–Crippen LogP) is 1.10. The lowest BCUT2D eigenvalue weighted by Crippen LogP contribution is -2.36. The van der Waals surface area contributed by atoms with Gasteiger partial charge in [0.2, 0.25) is 0 Å². The van der Waals surface area contributed by atoms with Gasteiger partial charge in [0.05, 0.1) is 0 Å². The number of rotatable bonds is 5. The molecule has 2 N–H and O–H groups in total. The third-order valence-electron chi connectivity index (χ3n) is 2.61. The van der Waals surface area contributed by atoms with Crippen molar-refractivity contribution in [3.8, 4) is 0 Å². The fraction of sp³-hybridized carbons (Fsp3) is 0.692. The van der Waals surface area contributed by atoms with Crippen LogP contribution in [0.2, 0.25) is 0 Å². The SMILES string of the molecule is Cn1nccc1CC(CO)CNC(=O)OC(C)(C)C. The molecule has 0 radical (unpaired) electrons. The van der Waals surface area contributed by atoms with Gasteiger partial charge in [0.25, 0.3) is 0 Å². The molecule has 6 nitrogen and oxygen atoms in total. The zero-order chi connectivity index (χ0) is 14.5. The lowest BCUT2D eigenvalue weighted by molar-refractivity contribution is 0.0512. The first kappa shape index (κ1) is 15.5. The Hall–Kier alpha value is -1.56. The number of aliphatic hydroxyl groups excluding tert-OH is 1. The van der Waals surface area contributed by atoms with Crippen LogP contribution >= 0.6 is 0 Å². The van der Waals surface area contributed by atoms with Crippen LogP contribution in [0.1, 0.15) is 26.5 Å². The molecule has 1 atom stereocenters. The molecule has 0 spiro atoms. The number of carbonyl (C=O) groups is 1. The maximum absolute atomic E-state index is 11.5. The van der Waals surface area contributed by atoms with Gasteiger partial charge in [0.1, 0.15) is 5.60 Å². The van der Waals surface area contributed by atoms with Crippen LogP contribution in [0.3, 0.4) is 0 Å². The average molecular weight is 269 g/mol. The summed E-state index contributed by atoms with van der Waals surface area (Å²) in [4.78, 5) is 11.5. The molecule has 0 aliphatic heterocycles. The van der Waals surface area contributed by atoms with Gasteiger partial charge in [-0.1, -0.05) is 0 Å². The zero-order valence-electron chi connectivity index (χ0n) is 12.0. The van der Waals surface area contributed by atoms with Gasteiger partial charge in [-0.25, -0.2) is 4.79 Å². The number of carbonyl (C=O) groups excluding carboxylic acids is 1. The van der Waals surface area contributed by atoms with Crippen molar-refractivity contribution in [3.05, 3.63) is 18.0 Å². The summed E-state index contributed by atoms with van der Waals surface area (Å²) in [5.74, 6) is -0.0529. The second kappa shape index (κ2) is 6.56. The fourth-order valence-electron chi connectivity index (χ4n) is 1.64. The van der Waals surface area contributed by atoms with E-state index in [2.05, 4.69) is 10.4 Å². The normalized spacial score (nSPS) is 13.1. The minimum atomic E-state index is -0.513. The van der Waals surface area contributed by atoms with E-state index in [1.54, 1.807) is 10.9 Å². The minimum Gasteiger partial charge on any atom is -0.444 e. The summed E-state index contributed by atoms with van der Waals surface area (Å²) in [6, 6.07) is 1.90. The van der Waals surface area contributed by atoms with Gasteiger partial charge in [-0.2, -0.15) is 5.10 Å². The molecule has 1 amide bonds. The van der Waals surface area contributed by atoms with Crippen molar-refractivity contribution in [1.29, 1.82) is 0 Å². The quantitative estimate of drug-likeness (QED) is 0.839. The number of nitrogens with zero attached hydrogens (tertiary/aromatic N) is 2. The molecule has 0 saturated heterocycles. The predicted molar refractivity (Wildman–Crippen MR) is 71.7 cm³/mol. The average Bonchev–Trinajstić information content (AvgIpc) is 2.67. The van der Waals surface area contributed by atoms with Gasteiger partial charge in [0.15, 0.2) is 0 Å². The highest BCUT2D eigenvalue weighted by molar-refractivity contribution is 5.67. The summed E-state index contributed by atoms with van der Waals surface area (Å²) in [6.45, 7) is 5.81. The molecule has 1 aromatic heterocycles. The molecule has 1 heterocycles. The van der Waals surface area contributed by atoms with Gasteiger partial charge in [-0.3, -0.25) is 4.68 Å². The van der Waals surface area contributed by atoms with E-state index in [1.165, 1.54) is 0 Å². The van der Waals surface area contributed by atoms with Crippen LogP contribution in [0.25, 0.3) is 0 Å². The third kappa shape index (κ3) is 5.74. The second-order valence-electron chi connectivity index (χ2n) is 5.58. The Morgan fingerprint density at radius 3 is 2.74 bits per heavy atom. The minimum absolute atomic E-state index is 0.000970. The van der Waals surface area contributed by atoms with Gasteiger partial charge in [0, 0.05) is 38.0 Å². The fourth-order valence-corrected chi connectivity index (χ4v) is 1.64. The van der Waals surface area contributed by atoms with Crippen LogP contribution in [-0.2, 0) is 18.2 Å². The van der Waals surface area contributed by atoms with E-state index in [-0.39, 0.29) is 12.5 Å². The summed E-state index contributed by atoms with van der Waals surface area (Å²) in [5.41, 5.74) is 0.505. The van der Waals surface area contributed by atoms with Crippen LogP contribution in [0, 0.1) is 5.92 Å². The van der Waals surface area contributed by atoms with Crippen molar-refractivity contribution < 1.29 is 14.6 Å². The molecule has 108 valence electrons. The van der Waals surface area contributed by atoms with Crippen molar-refractivity contribution in [2.45, 2.75) is 32.8 Å². The van der Waals surface area contributed by atoms with E-state index < -0.39 is 11.7 Å². The maximum atomic E-state index is 11.5. The van der Waals surface area contributed by atoms with E-state index in [1.807, 2.05) is 33.9 Å². The number of alkyl carbamates (subject to hydrolysis) is 1. The molecule has 1 unspecified atom stereocenters. The number of amides is 1. The molecule has 0 aliphatic carbocycles. The molecule has 0 aromatic carbocycles. The Kier molecular flexibility index (Phi) is 5.35. The van der Waals surface area contributed by atoms with E-state index in [4.69, 9.17) is 4.74 Å². The molecule has 0 fully saturated rings. The molecule has 1 rings (SSSR count).